The van der Waals surface area contributed by atoms with E-state index in [1.807, 2.05) is 84.9 Å². The molecule has 4 aromatic heterocycles. The standard InChI is InChI=1S/C132H82F2N6O4/c1-131(2)110-73-80-27-17-18-37-95(80)121(139(88-33-13-7-14-34-88)116-52-25-46-103-100-43-22-48-112(134)126(100)144-129(103)116)117(110)105-65-59-81-69-91(63-67-93(81)119(105)131)138(87-31-11-6-12-32-87)114-50-26-47-104-109-72-84(71-107(125(109)143-130(104)114)79-57-61-85(133)62-58-79)92-38-20-40-97-108(92)74-111-118(122(97)140(89-35-15-8-16-36-89)115-51-24-44-101-98-41-19-28-83(76-136)123(98)141-128(101)115)106-66-60-82-70-90(64-68-94(82)120(106)132(111,3)4)137(86-29-9-5-10-30-86)113-49-23-45-102-99-42-21-39-96(124(99)142-127(102)113)78-55-53-77(75-135)54-56-78/h5-74H,1-4H3. The monoisotopic (exact) mass is 1850 g/mol. The summed E-state index contributed by atoms with van der Waals surface area (Å²) in [6.45, 7) is 9.45. The van der Waals surface area contributed by atoms with Crippen LogP contribution in [0.3, 0.4) is 0 Å². The van der Waals surface area contributed by atoms with Crippen molar-refractivity contribution in [2.45, 2.75) is 38.5 Å². The van der Waals surface area contributed by atoms with Gasteiger partial charge in [0.05, 0.1) is 51.3 Å². The molecule has 0 saturated carbocycles. The zero-order valence-corrected chi connectivity index (χ0v) is 78.5. The van der Waals surface area contributed by atoms with Crippen LogP contribution in [0.25, 0.3) is 186 Å². The highest BCUT2D eigenvalue weighted by molar-refractivity contribution is 6.23. The highest BCUT2D eigenvalue weighted by Crippen LogP contribution is 2.64. The van der Waals surface area contributed by atoms with Gasteiger partial charge in [-0.3, -0.25) is 0 Å². The fraction of sp³-hybridized carbons (Fsp3) is 0.0455. The van der Waals surface area contributed by atoms with Gasteiger partial charge in [-0.2, -0.15) is 10.5 Å². The minimum absolute atomic E-state index is 0.224. The maximum Gasteiger partial charge on any atom is 0.171 e. The summed E-state index contributed by atoms with van der Waals surface area (Å²) in [5, 5.41) is 36.0. The summed E-state index contributed by atoms with van der Waals surface area (Å²) >= 11 is 0. The highest BCUT2D eigenvalue weighted by atomic mass is 19.1. The Bertz CT molecular complexity index is 10000. The topological polar surface area (TPSA) is 113 Å². The number of hydrogen-bond acceptors (Lipinski definition) is 10. The van der Waals surface area contributed by atoms with Crippen molar-refractivity contribution in [1.29, 1.82) is 10.5 Å². The molecule has 2 aliphatic carbocycles. The third kappa shape index (κ3) is 12.4. The third-order valence-corrected chi connectivity index (χ3v) is 30.3. The summed E-state index contributed by atoms with van der Waals surface area (Å²) in [4.78, 5) is 9.33. The van der Waals surface area contributed by atoms with Crippen LogP contribution in [0.5, 0.6) is 0 Å². The van der Waals surface area contributed by atoms with E-state index in [2.05, 4.69) is 375 Å². The van der Waals surface area contributed by atoms with E-state index in [1.54, 1.807) is 6.07 Å². The van der Waals surface area contributed by atoms with Gasteiger partial charge in [0.2, 0.25) is 0 Å². The van der Waals surface area contributed by atoms with Crippen molar-refractivity contribution in [3.63, 3.8) is 0 Å². The van der Waals surface area contributed by atoms with Crippen LogP contribution in [-0.4, -0.2) is 0 Å². The molecule has 2 aliphatic rings. The number of anilines is 12. The Labute approximate surface area is 826 Å². The molecule has 0 atom stereocenters. The zero-order valence-electron chi connectivity index (χ0n) is 78.5. The number of para-hydroxylation sites is 11. The highest BCUT2D eigenvalue weighted by Gasteiger charge is 2.44. The van der Waals surface area contributed by atoms with Crippen molar-refractivity contribution in [3.8, 4) is 67.8 Å². The Morgan fingerprint density at radius 2 is 0.625 bits per heavy atom. The molecule has 0 spiro atoms. The molecule has 10 nitrogen and oxygen atoms in total. The molecule has 12 heteroatoms. The number of rotatable bonds is 15. The first-order valence-corrected chi connectivity index (χ1v) is 48.6. The molecule has 678 valence electrons. The average molecular weight is 1850 g/mol. The molecule has 26 aromatic rings. The molecule has 4 heterocycles. The van der Waals surface area contributed by atoms with E-state index in [1.165, 1.54) is 34.9 Å². The van der Waals surface area contributed by atoms with Gasteiger partial charge in [-0.05, 0) is 246 Å². The SMILES string of the molecule is CC1(C)c2cc3ccccc3c(N(c3ccccc3)c3cccc4c3oc3c(F)cccc34)c2-c2ccc3cc(N(c4ccccc4)c4cccc5c4oc4c(-c6ccc(F)cc6)cc(-c6cccc7c(N(c8ccccc8)c8cccc9c8oc8c(C#N)cccc89)c8c(cc67)C(C)(C)c6c-8ccc7cc(N(c8ccccc8)c8cccc9c8oc8c(-c%10ccc(C#N)cc%10)cccc89)ccc67)cc45)ccc3c21. The Kier molecular flexibility index (Phi) is 18.4. The largest absolute Gasteiger partial charge is 0.453 e. The van der Waals surface area contributed by atoms with Crippen molar-refractivity contribution < 1.29 is 26.4 Å². The van der Waals surface area contributed by atoms with Crippen molar-refractivity contribution in [2.24, 2.45) is 0 Å². The van der Waals surface area contributed by atoms with E-state index in [4.69, 9.17) is 17.7 Å². The molecule has 0 amide bonds. The second-order valence-electron chi connectivity index (χ2n) is 38.9. The van der Waals surface area contributed by atoms with Gasteiger partial charge in [0.15, 0.2) is 39.3 Å². The van der Waals surface area contributed by atoms with Crippen LogP contribution in [0.2, 0.25) is 0 Å². The van der Waals surface area contributed by atoms with Gasteiger partial charge < -0.3 is 37.3 Å². The third-order valence-electron chi connectivity index (χ3n) is 30.3. The van der Waals surface area contributed by atoms with Crippen LogP contribution in [0.4, 0.5) is 77.0 Å². The van der Waals surface area contributed by atoms with Gasteiger partial charge in [0, 0.05) is 121 Å². The summed E-state index contributed by atoms with van der Waals surface area (Å²) in [6.07, 6.45) is 0. The van der Waals surface area contributed by atoms with Gasteiger partial charge in [0.1, 0.15) is 23.1 Å². The molecule has 0 N–H and O–H groups in total. The van der Waals surface area contributed by atoms with Crippen molar-refractivity contribution in [2.75, 3.05) is 19.6 Å². The lowest BCUT2D eigenvalue weighted by Gasteiger charge is -2.31. The van der Waals surface area contributed by atoms with E-state index in [0.29, 0.717) is 44.4 Å². The summed E-state index contributed by atoms with van der Waals surface area (Å²) in [6, 6.07) is 151. The van der Waals surface area contributed by atoms with Gasteiger partial charge in [-0.1, -0.05) is 295 Å². The number of halogens is 2. The average Bonchev–Trinajstić information content (AvgIpc) is 1.53. The second kappa shape index (κ2) is 31.8. The van der Waals surface area contributed by atoms with E-state index in [0.717, 1.165) is 221 Å². The number of nitrogens with zero attached hydrogens (tertiary/aromatic N) is 6. The van der Waals surface area contributed by atoms with E-state index >= 15 is 8.78 Å². The molecule has 0 unspecified atom stereocenters. The van der Waals surface area contributed by atoms with Gasteiger partial charge in [0.25, 0.3) is 0 Å². The summed E-state index contributed by atoms with van der Waals surface area (Å²) in [5.74, 6) is -0.764. The van der Waals surface area contributed by atoms with Crippen LogP contribution in [0, 0.1) is 34.3 Å². The van der Waals surface area contributed by atoms with Crippen LogP contribution < -0.4 is 19.6 Å². The first-order chi connectivity index (χ1) is 70.7. The molecule has 0 aliphatic heterocycles. The number of hydrogen-bond donors (Lipinski definition) is 0. The van der Waals surface area contributed by atoms with E-state index in [9.17, 15) is 10.5 Å². The predicted octanol–water partition coefficient (Wildman–Crippen LogP) is 37.4. The molecule has 0 bridgehead atoms. The smallest absolute Gasteiger partial charge is 0.171 e. The lowest BCUT2D eigenvalue weighted by molar-refractivity contribution is 0.584. The first kappa shape index (κ1) is 83.3. The molecule has 28 rings (SSSR count). The van der Waals surface area contributed by atoms with Crippen molar-refractivity contribution in [1.82, 2.24) is 0 Å². The fourth-order valence-corrected chi connectivity index (χ4v) is 23.9. The molecule has 0 saturated heterocycles. The molecule has 144 heavy (non-hydrogen) atoms. The van der Waals surface area contributed by atoms with E-state index < -0.39 is 16.6 Å². The Hall–Kier alpha value is -18.9. The van der Waals surface area contributed by atoms with Crippen molar-refractivity contribution >= 4 is 199 Å². The van der Waals surface area contributed by atoms with Gasteiger partial charge in [-0.25, -0.2) is 8.78 Å². The quantitative estimate of drug-likeness (QED) is 0.0983. The van der Waals surface area contributed by atoms with Crippen LogP contribution in [0.15, 0.2) is 442 Å². The minimum atomic E-state index is -0.675. The number of furan rings is 4. The van der Waals surface area contributed by atoms with E-state index in [-0.39, 0.29) is 11.4 Å². The maximum absolute atomic E-state index is 15.9. The minimum Gasteiger partial charge on any atom is -0.453 e. The predicted molar refractivity (Wildman–Crippen MR) is 585 cm³/mol. The zero-order chi connectivity index (χ0) is 96.2. The molecular formula is C132H82F2N6O4. The summed E-state index contributed by atoms with van der Waals surface area (Å²) < 4.78 is 60.4. The van der Waals surface area contributed by atoms with Crippen LogP contribution in [-0.2, 0) is 10.8 Å². The Balaban J connectivity index is 0.626. The molecular weight excluding hydrogens is 1770 g/mol. The molecule has 22 aromatic carbocycles. The summed E-state index contributed by atoms with van der Waals surface area (Å²) in [5.41, 5.74) is 29.8. The fourth-order valence-electron chi connectivity index (χ4n) is 23.9. The number of benzene rings is 22. The maximum atomic E-state index is 15.9. The molecule has 0 radical (unpaired) electrons. The Morgan fingerprint density at radius 3 is 1.15 bits per heavy atom. The second-order valence-corrected chi connectivity index (χ2v) is 38.9. The number of nitriles is 2. The van der Waals surface area contributed by atoms with Crippen LogP contribution >= 0.6 is 0 Å². The van der Waals surface area contributed by atoms with Crippen molar-refractivity contribution in [3.05, 3.63) is 470 Å². The molecule has 0 fully saturated rings. The van der Waals surface area contributed by atoms with Gasteiger partial charge >= 0.3 is 0 Å². The summed E-state index contributed by atoms with van der Waals surface area (Å²) in [7, 11) is 0. The Morgan fingerprint density at radius 1 is 0.236 bits per heavy atom. The number of fused-ring (bicyclic) bond motifs is 24. The lowest BCUT2D eigenvalue weighted by atomic mass is 9.79. The van der Waals surface area contributed by atoms with Crippen LogP contribution in [0.1, 0.15) is 61.1 Å². The lowest BCUT2D eigenvalue weighted by Crippen LogP contribution is -2.17. The van der Waals surface area contributed by atoms with Gasteiger partial charge in [-0.15, -0.1) is 0 Å². The first-order valence-electron chi connectivity index (χ1n) is 48.6. The normalized spacial score (nSPS) is 12.9.